The van der Waals surface area contributed by atoms with E-state index in [1.165, 1.54) is 0 Å². The molecule has 7 nitrogen and oxygen atoms in total. The predicted octanol–water partition coefficient (Wildman–Crippen LogP) is 2.45. The van der Waals surface area contributed by atoms with Crippen LogP contribution in [0.2, 0.25) is 0 Å². The maximum absolute atomic E-state index is 13.9. The number of nitrogens with zero attached hydrogens (tertiary/aromatic N) is 3. The topological polar surface area (TPSA) is 80.4 Å². The van der Waals surface area contributed by atoms with Crippen molar-refractivity contribution < 1.29 is 14.3 Å². The third kappa shape index (κ3) is 3.85. The number of methoxy groups -OCH3 is 2. The van der Waals surface area contributed by atoms with E-state index in [0.29, 0.717) is 12.5 Å². The summed E-state index contributed by atoms with van der Waals surface area (Å²) in [6.07, 6.45) is 2.09. The van der Waals surface area contributed by atoms with Crippen molar-refractivity contribution in [2.75, 3.05) is 40.9 Å². The third-order valence-electron chi connectivity index (χ3n) is 6.41. The zero-order chi connectivity index (χ0) is 22.0. The third-order valence-corrected chi connectivity index (χ3v) is 6.41. The van der Waals surface area contributed by atoms with Crippen LogP contribution in [0.1, 0.15) is 24.0 Å². The molecule has 2 N–H and O–H groups in total. The van der Waals surface area contributed by atoms with Crippen LogP contribution in [0.3, 0.4) is 0 Å². The Balaban J connectivity index is 1.72. The van der Waals surface area contributed by atoms with E-state index < -0.39 is 5.54 Å². The van der Waals surface area contributed by atoms with Gasteiger partial charge in [0.1, 0.15) is 11.5 Å². The summed E-state index contributed by atoms with van der Waals surface area (Å²) in [5, 5.41) is 0. The lowest BCUT2D eigenvalue weighted by Crippen LogP contribution is -2.47. The summed E-state index contributed by atoms with van der Waals surface area (Å²) in [5.74, 6) is 2.02. The molecule has 2 aromatic rings. The summed E-state index contributed by atoms with van der Waals surface area (Å²) >= 11 is 0. The number of nitrogens with two attached hydrogens (primary N) is 1. The standard InChI is InChI=1S/C24H30N4O3/c1-27-14-12-17(13-15-27)16-28-22(29)24(26-23(28)25,18-4-8-20(30-2)9-5-18)19-6-10-21(31-3)11-7-19/h4-11,17H,12-16H2,1-3H3,(H2,25,26). The minimum atomic E-state index is -1.21. The Bertz CT molecular complexity index is 900. The lowest BCUT2D eigenvalue weighted by molar-refractivity contribution is -0.130. The number of likely N-dealkylation sites (tertiary alicyclic amines) is 1. The highest BCUT2D eigenvalue weighted by Gasteiger charge is 2.51. The maximum Gasteiger partial charge on any atom is 0.266 e. The molecule has 2 heterocycles. The lowest BCUT2D eigenvalue weighted by atomic mass is 9.82. The zero-order valence-corrected chi connectivity index (χ0v) is 18.4. The van der Waals surface area contributed by atoms with E-state index in [2.05, 4.69) is 11.9 Å². The van der Waals surface area contributed by atoms with Gasteiger partial charge in [-0.2, -0.15) is 0 Å². The van der Waals surface area contributed by atoms with E-state index in [4.69, 9.17) is 20.2 Å². The van der Waals surface area contributed by atoms with E-state index in [1.807, 2.05) is 48.5 Å². The molecule has 4 rings (SSSR count). The zero-order valence-electron chi connectivity index (χ0n) is 18.4. The Hall–Kier alpha value is -3.06. The van der Waals surface area contributed by atoms with E-state index in [9.17, 15) is 4.79 Å². The molecule has 2 aliphatic rings. The average molecular weight is 423 g/mol. The van der Waals surface area contributed by atoms with Gasteiger partial charge in [0.15, 0.2) is 11.5 Å². The Labute approximate surface area is 183 Å². The molecule has 0 aliphatic carbocycles. The number of aliphatic imine (C=N–C) groups is 1. The Morgan fingerprint density at radius 1 is 0.968 bits per heavy atom. The van der Waals surface area contributed by atoms with Gasteiger partial charge in [-0.05, 0) is 74.3 Å². The second-order valence-corrected chi connectivity index (χ2v) is 8.30. The first-order valence-corrected chi connectivity index (χ1v) is 10.6. The number of hydrogen-bond acceptors (Lipinski definition) is 6. The van der Waals surface area contributed by atoms with Crippen LogP contribution in [0.5, 0.6) is 11.5 Å². The highest BCUT2D eigenvalue weighted by atomic mass is 16.5. The van der Waals surface area contributed by atoms with E-state index >= 15 is 0 Å². The smallest absolute Gasteiger partial charge is 0.266 e. The molecule has 2 aromatic carbocycles. The summed E-state index contributed by atoms with van der Waals surface area (Å²) in [4.78, 5) is 22.7. The van der Waals surface area contributed by atoms with Crippen LogP contribution in [0.4, 0.5) is 0 Å². The molecular formula is C24H30N4O3. The molecular weight excluding hydrogens is 392 g/mol. The molecule has 0 spiro atoms. The molecule has 0 saturated carbocycles. The molecule has 0 aromatic heterocycles. The number of amides is 1. The van der Waals surface area contributed by atoms with Crippen LogP contribution < -0.4 is 15.2 Å². The van der Waals surface area contributed by atoms with Crippen molar-refractivity contribution >= 4 is 11.9 Å². The van der Waals surface area contributed by atoms with Crippen molar-refractivity contribution in [2.24, 2.45) is 16.6 Å². The molecule has 0 atom stereocenters. The first kappa shape index (κ1) is 21.2. The minimum absolute atomic E-state index is 0.112. The number of benzene rings is 2. The Kier molecular flexibility index (Phi) is 5.87. The van der Waals surface area contributed by atoms with Gasteiger partial charge in [0.25, 0.3) is 5.91 Å². The van der Waals surface area contributed by atoms with Gasteiger partial charge < -0.3 is 20.1 Å². The summed E-state index contributed by atoms with van der Waals surface area (Å²) in [7, 11) is 5.37. The van der Waals surface area contributed by atoms with Crippen LogP contribution >= 0.6 is 0 Å². The second-order valence-electron chi connectivity index (χ2n) is 8.30. The SMILES string of the molecule is COc1ccc(C2(c3ccc(OC)cc3)N=C(N)N(CC3CCN(C)CC3)C2=O)cc1. The normalized spacial score (nSPS) is 19.4. The summed E-state index contributed by atoms with van der Waals surface area (Å²) in [6.45, 7) is 2.66. The quantitative estimate of drug-likeness (QED) is 0.774. The molecule has 0 radical (unpaired) electrons. The molecule has 0 unspecified atom stereocenters. The number of carbonyl (C=O) groups excluding carboxylic acids is 1. The van der Waals surface area contributed by atoms with Gasteiger partial charge in [0.2, 0.25) is 0 Å². The van der Waals surface area contributed by atoms with Gasteiger partial charge in [0.05, 0.1) is 14.2 Å². The van der Waals surface area contributed by atoms with Crippen molar-refractivity contribution in [2.45, 2.75) is 18.4 Å². The fourth-order valence-corrected chi connectivity index (χ4v) is 4.47. The second kappa shape index (κ2) is 8.59. The highest BCUT2D eigenvalue weighted by Crippen LogP contribution is 2.41. The van der Waals surface area contributed by atoms with Gasteiger partial charge in [-0.3, -0.25) is 9.69 Å². The van der Waals surface area contributed by atoms with Crippen molar-refractivity contribution in [1.29, 1.82) is 0 Å². The molecule has 2 aliphatic heterocycles. The van der Waals surface area contributed by atoms with Crippen LogP contribution in [0, 0.1) is 5.92 Å². The first-order valence-electron chi connectivity index (χ1n) is 10.6. The molecule has 31 heavy (non-hydrogen) atoms. The van der Waals surface area contributed by atoms with Gasteiger partial charge in [-0.1, -0.05) is 24.3 Å². The predicted molar refractivity (Wildman–Crippen MR) is 120 cm³/mol. The van der Waals surface area contributed by atoms with Gasteiger partial charge in [0, 0.05) is 6.54 Å². The first-order chi connectivity index (χ1) is 15.0. The van der Waals surface area contributed by atoms with Crippen molar-refractivity contribution in [1.82, 2.24) is 9.80 Å². The lowest BCUT2D eigenvalue weighted by Gasteiger charge is -2.32. The number of piperidine rings is 1. The van der Waals surface area contributed by atoms with Crippen LogP contribution in [-0.2, 0) is 10.3 Å². The molecule has 7 heteroatoms. The molecule has 1 amide bonds. The van der Waals surface area contributed by atoms with Crippen molar-refractivity contribution in [3.63, 3.8) is 0 Å². The number of rotatable bonds is 6. The molecule has 1 fully saturated rings. The largest absolute Gasteiger partial charge is 0.497 e. The average Bonchev–Trinajstić information content (AvgIpc) is 3.06. The van der Waals surface area contributed by atoms with Gasteiger partial charge >= 0.3 is 0 Å². The van der Waals surface area contributed by atoms with E-state index in [1.54, 1.807) is 19.1 Å². The van der Waals surface area contributed by atoms with Gasteiger partial charge in [-0.25, -0.2) is 4.99 Å². The highest BCUT2D eigenvalue weighted by molar-refractivity contribution is 6.09. The minimum Gasteiger partial charge on any atom is -0.497 e. The van der Waals surface area contributed by atoms with Crippen LogP contribution in [0.25, 0.3) is 0 Å². The Morgan fingerprint density at radius 2 is 1.45 bits per heavy atom. The molecule has 164 valence electrons. The molecule has 1 saturated heterocycles. The fourth-order valence-electron chi connectivity index (χ4n) is 4.47. The van der Waals surface area contributed by atoms with Gasteiger partial charge in [-0.15, -0.1) is 0 Å². The van der Waals surface area contributed by atoms with E-state index in [0.717, 1.165) is 48.6 Å². The Morgan fingerprint density at radius 3 is 1.90 bits per heavy atom. The summed E-state index contributed by atoms with van der Waals surface area (Å²) in [5.41, 5.74) is 6.68. The van der Waals surface area contributed by atoms with E-state index in [-0.39, 0.29) is 11.9 Å². The number of ether oxygens (including phenoxy) is 2. The number of carbonyl (C=O) groups is 1. The molecule has 0 bridgehead atoms. The van der Waals surface area contributed by atoms with Crippen molar-refractivity contribution in [3.05, 3.63) is 59.7 Å². The summed E-state index contributed by atoms with van der Waals surface area (Å²) in [6, 6.07) is 14.9. The maximum atomic E-state index is 13.9. The van der Waals surface area contributed by atoms with Crippen LogP contribution in [0.15, 0.2) is 53.5 Å². The fraction of sp³-hybridized carbons (Fsp3) is 0.417. The van der Waals surface area contributed by atoms with Crippen LogP contribution in [-0.4, -0.2) is 62.6 Å². The monoisotopic (exact) mass is 422 g/mol. The van der Waals surface area contributed by atoms with Crippen molar-refractivity contribution in [3.8, 4) is 11.5 Å². The summed E-state index contributed by atoms with van der Waals surface area (Å²) < 4.78 is 10.6. The number of hydrogen-bond donors (Lipinski definition) is 1. The number of guanidine groups is 1.